The molecule has 0 N–H and O–H groups in total. The molecule has 0 aliphatic carbocycles. The van der Waals surface area contributed by atoms with Crippen LogP contribution in [-0.2, 0) is 19.6 Å². The predicted molar refractivity (Wildman–Crippen MR) is 132 cm³/mol. The summed E-state index contributed by atoms with van der Waals surface area (Å²) in [6, 6.07) is 8.00. The Labute approximate surface area is 205 Å². The van der Waals surface area contributed by atoms with E-state index in [0.717, 1.165) is 29.6 Å². The van der Waals surface area contributed by atoms with E-state index < -0.39 is 10.0 Å². The van der Waals surface area contributed by atoms with Gasteiger partial charge in [0.15, 0.2) is 0 Å². The number of anilines is 3. The smallest absolute Gasteiger partial charge is 0.243 e. The molecule has 5 rings (SSSR count). The van der Waals surface area contributed by atoms with Crippen molar-refractivity contribution >= 4 is 39.2 Å². The third-order valence-corrected chi connectivity index (χ3v) is 8.75. The second-order valence-corrected chi connectivity index (χ2v) is 11.1. The Balaban J connectivity index is 1.26. The van der Waals surface area contributed by atoms with Gasteiger partial charge in [-0.05, 0) is 50.5 Å². The summed E-state index contributed by atoms with van der Waals surface area (Å²) in [5.74, 6) is 1.97. The number of sulfonamides is 1. The summed E-state index contributed by atoms with van der Waals surface area (Å²) in [6.45, 7) is 5.64. The third-order valence-electron chi connectivity index (χ3n) is 6.84. The first-order valence-corrected chi connectivity index (χ1v) is 13.6. The number of nitrogens with zero attached hydrogens (tertiary/aromatic N) is 6. The number of aromatic nitrogens is 2. The van der Waals surface area contributed by atoms with Crippen molar-refractivity contribution < 1.29 is 18.0 Å². The van der Waals surface area contributed by atoms with Gasteiger partial charge in [0.05, 0.1) is 10.6 Å². The highest BCUT2D eigenvalue weighted by atomic mass is 32.2. The molecule has 0 saturated carbocycles. The Bertz CT molecular complexity index is 1200. The number of hydrogen-bond acceptors (Lipinski definition) is 8. The van der Waals surface area contributed by atoms with Crippen LogP contribution in [0.3, 0.4) is 0 Å². The van der Waals surface area contributed by atoms with Gasteiger partial charge in [-0.25, -0.2) is 18.4 Å². The summed E-state index contributed by atoms with van der Waals surface area (Å²) in [5.41, 5.74) is 0.407. The van der Waals surface area contributed by atoms with E-state index in [2.05, 4.69) is 19.8 Å². The van der Waals surface area contributed by atoms with Gasteiger partial charge in [-0.3, -0.25) is 14.5 Å². The van der Waals surface area contributed by atoms with E-state index in [9.17, 15) is 18.0 Å². The van der Waals surface area contributed by atoms with Crippen LogP contribution in [0.25, 0.3) is 0 Å². The minimum atomic E-state index is -3.69. The van der Waals surface area contributed by atoms with Crippen LogP contribution in [-0.4, -0.2) is 73.8 Å². The van der Waals surface area contributed by atoms with Crippen molar-refractivity contribution in [2.45, 2.75) is 43.9 Å². The van der Waals surface area contributed by atoms with E-state index >= 15 is 0 Å². The van der Waals surface area contributed by atoms with Crippen molar-refractivity contribution in [2.24, 2.45) is 0 Å². The first-order valence-electron chi connectivity index (χ1n) is 12.1. The van der Waals surface area contributed by atoms with E-state index in [1.807, 2.05) is 13.0 Å². The molecule has 10 nitrogen and oxygen atoms in total. The molecular weight excluding hydrogens is 468 g/mol. The second-order valence-electron chi connectivity index (χ2n) is 9.19. The Morgan fingerprint density at radius 2 is 1.29 bits per heavy atom. The van der Waals surface area contributed by atoms with E-state index in [0.29, 0.717) is 37.7 Å². The molecule has 0 radical (unpaired) electrons. The van der Waals surface area contributed by atoms with Crippen molar-refractivity contribution in [3.8, 4) is 0 Å². The van der Waals surface area contributed by atoms with Crippen LogP contribution >= 0.6 is 0 Å². The van der Waals surface area contributed by atoms with Crippen molar-refractivity contribution in [1.29, 1.82) is 0 Å². The molecule has 0 bridgehead atoms. The lowest BCUT2D eigenvalue weighted by atomic mass is 10.1. The van der Waals surface area contributed by atoms with Crippen LogP contribution in [0.5, 0.6) is 0 Å². The summed E-state index contributed by atoms with van der Waals surface area (Å²) in [7, 11) is -3.69. The molecule has 3 aliphatic heterocycles. The van der Waals surface area contributed by atoms with Gasteiger partial charge in [0.25, 0.3) is 0 Å². The number of amides is 2. The first kappa shape index (κ1) is 23.7. The Morgan fingerprint density at radius 3 is 1.86 bits per heavy atom. The normalized spacial score (nSPS) is 20.1. The molecule has 0 unspecified atom stereocenters. The summed E-state index contributed by atoms with van der Waals surface area (Å²) < 4.78 is 27.9. The van der Waals surface area contributed by atoms with E-state index in [1.54, 1.807) is 0 Å². The third kappa shape index (κ3) is 4.74. The molecule has 35 heavy (non-hydrogen) atoms. The average Bonchev–Trinajstić information content (AvgIpc) is 3.22. The molecule has 0 spiro atoms. The summed E-state index contributed by atoms with van der Waals surface area (Å²) in [5, 5.41) is 0. The SMILES string of the molecule is Cc1nc(N2CCCCC2)cc(N2CCN(S(=O)(=O)c3ccc(N4C(=O)CCC4=O)cc3)CC2)n1. The fraction of sp³-hybridized carbons (Fsp3) is 0.500. The summed E-state index contributed by atoms with van der Waals surface area (Å²) in [6.07, 6.45) is 3.96. The maximum atomic E-state index is 13.2. The number of piperidine rings is 1. The number of hydrogen-bond donors (Lipinski definition) is 0. The number of imide groups is 1. The zero-order chi connectivity index (χ0) is 24.6. The molecule has 1 aromatic heterocycles. The highest BCUT2D eigenvalue weighted by Gasteiger charge is 2.32. The zero-order valence-corrected chi connectivity index (χ0v) is 20.7. The van der Waals surface area contributed by atoms with Gasteiger partial charge in [-0.15, -0.1) is 0 Å². The Morgan fingerprint density at radius 1 is 0.743 bits per heavy atom. The molecule has 1 aromatic carbocycles. The lowest BCUT2D eigenvalue weighted by Crippen LogP contribution is -2.49. The number of aryl methyl sites for hydroxylation is 1. The fourth-order valence-corrected chi connectivity index (χ4v) is 6.34. The first-order chi connectivity index (χ1) is 16.8. The van der Waals surface area contributed by atoms with Crippen LogP contribution in [0.2, 0.25) is 0 Å². The van der Waals surface area contributed by atoms with Gasteiger partial charge in [0, 0.05) is 58.2 Å². The fourth-order valence-electron chi connectivity index (χ4n) is 4.92. The lowest BCUT2D eigenvalue weighted by Gasteiger charge is -2.35. The second kappa shape index (κ2) is 9.54. The van der Waals surface area contributed by atoms with Crippen LogP contribution in [0.15, 0.2) is 35.2 Å². The molecule has 0 atom stereocenters. The van der Waals surface area contributed by atoms with E-state index in [1.165, 1.54) is 47.8 Å². The Kier molecular flexibility index (Phi) is 6.45. The van der Waals surface area contributed by atoms with Crippen LogP contribution in [0, 0.1) is 6.92 Å². The number of piperazine rings is 1. The van der Waals surface area contributed by atoms with Crippen LogP contribution < -0.4 is 14.7 Å². The quantitative estimate of drug-likeness (QED) is 0.576. The molecule has 2 amide bonds. The number of carbonyl (C=O) groups excluding carboxylic acids is 2. The minimum absolute atomic E-state index is 0.152. The zero-order valence-electron chi connectivity index (χ0n) is 19.9. The predicted octanol–water partition coefficient (Wildman–Crippen LogP) is 1.94. The number of rotatable bonds is 5. The van der Waals surface area contributed by atoms with Gasteiger partial charge in [0.1, 0.15) is 17.5 Å². The topological polar surface area (TPSA) is 107 Å². The van der Waals surface area contributed by atoms with Gasteiger partial charge >= 0.3 is 0 Å². The highest BCUT2D eigenvalue weighted by Crippen LogP contribution is 2.27. The maximum Gasteiger partial charge on any atom is 0.243 e. The van der Waals surface area contributed by atoms with Gasteiger partial charge < -0.3 is 9.80 Å². The maximum absolute atomic E-state index is 13.2. The van der Waals surface area contributed by atoms with Crippen molar-refractivity contribution in [2.75, 3.05) is 54.0 Å². The number of carbonyl (C=O) groups is 2. The largest absolute Gasteiger partial charge is 0.356 e. The molecule has 11 heteroatoms. The van der Waals surface area contributed by atoms with Crippen molar-refractivity contribution in [1.82, 2.24) is 14.3 Å². The number of benzene rings is 1. The van der Waals surface area contributed by atoms with Crippen molar-refractivity contribution in [3.05, 3.63) is 36.2 Å². The van der Waals surface area contributed by atoms with Gasteiger partial charge in [-0.2, -0.15) is 4.31 Å². The van der Waals surface area contributed by atoms with E-state index in [-0.39, 0.29) is 29.6 Å². The standard InChI is InChI=1S/C24H30N6O4S/c1-18-25-21(27-11-3-2-4-12-27)17-22(26-18)28-13-15-29(16-14-28)35(33,34)20-7-5-19(6-8-20)30-23(31)9-10-24(30)32/h5-8,17H,2-4,9-16H2,1H3. The van der Waals surface area contributed by atoms with E-state index in [4.69, 9.17) is 0 Å². The lowest BCUT2D eigenvalue weighted by molar-refractivity contribution is -0.121. The highest BCUT2D eigenvalue weighted by molar-refractivity contribution is 7.89. The molecular formula is C24H30N6O4S. The minimum Gasteiger partial charge on any atom is -0.356 e. The molecule has 3 saturated heterocycles. The van der Waals surface area contributed by atoms with Gasteiger partial charge in [-0.1, -0.05) is 0 Å². The van der Waals surface area contributed by atoms with Crippen LogP contribution in [0.1, 0.15) is 37.9 Å². The Hall–Kier alpha value is -3.05. The molecule has 4 heterocycles. The average molecular weight is 499 g/mol. The summed E-state index contributed by atoms with van der Waals surface area (Å²) in [4.78, 5) is 38.8. The monoisotopic (exact) mass is 498 g/mol. The molecule has 3 aliphatic rings. The van der Waals surface area contributed by atoms with Gasteiger partial charge in [0.2, 0.25) is 21.8 Å². The summed E-state index contributed by atoms with van der Waals surface area (Å²) >= 11 is 0. The molecule has 186 valence electrons. The van der Waals surface area contributed by atoms with Crippen LogP contribution in [0.4, 0.5) is 17.3 Å². The van der Waals surface area contributed by atoms with Crippen molar-refractivity contribution in [3.63, 3.8) is 0 Å². The molecule has 2 aromatic rings. The molecule has 3 fully saturated rings.